The molecule has 0 aromatic heterocycles. The van der Waals surface area contributed by atoms with E-state index < -0.39 is 14.5 Å². The second-order valence-electron chi connectivity index (χ2n) is 2.79. The summed E-state index contributed by atoms with van der Waals surface area (Å²) in [6.45, 7) is 0. The molecule has 0 unspecified atom stereocenters. The van der Waals surface area contributed by atoms with E-state index in [4.69, 9.17) is 69.6 Å². The second-order valence-corrected chi connectivity index (χ2v) is 6.08. The van der Waals surface area contributed by atoms with E-state index in [0.29, 0.717) is 16.7 Å². The van der Waals surface area contributed by atoms with Crippen LogP contribution in [0.5, 0.6) is 0 Å². The minimum absolute atomic E-state index is 0.622. The van der Waals surface area contributed by atoms with E-state index in [1.54, 1.807) is 18.2 Å². The molecule has 1 aromatic rings. The SMILES string of the molecule is ClC(Cl)c1ccc(C(Cl)Cl)c(C(Cl)Cl)c1. The standard InChI is InChI=1S/C9H6Cl6/c10-7(11)4-1-2-5(8(12)13)6(3-4)9(14)15/h1-3,7-9H. The molecule has 0 spiro atoms. The molecule has 0 saturated heterocycles. The lowest BCUT2D eigenvalue weighted by Crippen LogP contribution is -1.95. The fourth-order valence-corrected chi connectivity index (χ4v) is 2.16. The predicted octanol–water partition coefficient (Wildman–Crippen LogP) is 6.12. The maximum absolute atomic E-state index is 5.79. The van der Waals surface area contributed by atoms with Gasteiger partial charge in [0.15, 0.2) is 0 Å². The third kappa shape index (κ3) is 3.73. The van der Waals surface area contributed by atoms with Gasteiger partial charge in [-0.1, -0.05) is 18.2 Å². The van der Waals surface area contributed by atoms with Gasteiger partial charge in [0, 0.05) is 0 Å². The largest absolute Gasteiger partial charge is 0.133 e. The van der Waals surface area contributed by atoms with E-state index >= 15 is 0 Å². The smallest absolute Gasteiger partial charge is 0.100 e. The molecule has 0 fully saturated rings. The topological polar surface area (TPSA) is 0 Å². The van der Waals surface area contributed by atoms with Crippen LogP contribution in [0.15, 0.2) is 18.2 Å². The summed E-state index contributed by atoms with van der Waals surface area (Å²) in [6, 6.07) is 5.14. The Balaban J connectivity index is 3.21. The summed E-state index contributed by atoms with van der Waals surface area (Å²) in [7, 11) is 0. The summed E-state index contributed by atoms with van der Waals surface area (Å²) in [5.74, 6) is 0. The van der Waals surface area contributed by atoms with E-state index in [2.05, 4.69) is 0 Å². The molecule has 1 aromatic carbocycles. The number of hydrogen-bond donors (Lipinski definition) is 0. The van der Waals surface area contributed by atoms with Crippen molar-refractivity contribution in [3.05, 3.63) is 34.9 Å². The minimum atomic E-state index is -0.716. The van der Waals surface area contributed by atoms with Gasteiger partial charge < -0.3 is 0 Å². The zero-order valence-corrected chi connectivity index (χ0v) is 11.8. The molecule has 1 rings (SSSR count). The highest BCUT2D eigenvalue weighted by Crippen LogP contribution is 2.38. The van der Waals surface area contributed by atoms with Crippen LogP contribution in [0.2, 0.25) is 0 Å². The van der Waals surface area contributed by atoms with Gasteiger partial charge in [0.05, 0.1) is 0 Å². The third-order valence-corrected chi connectivity index (χ3v) is 3.28. The van der Waals surface area contributed by atoms with E-state index in [9.17, 15) is 0 Å². The lowest BCUT2D eigenvalue weighted by atomic mass is 10.1. The Morgan fingerprint density at radius 2 is 1.20 bits per heavy atom. The first-order chi connectivity index (χ1) is 6.93. The molecule has 0 bridgehead atoms. The Kier molecular flexibility index (Phi) is 5.65. The van der Waals surface area contributed by atoms with Crippen LogP contribution >= 0.6 is 69.6 Å². The molecule has 0 N–H and O–H groups in total. The molecule has 6 heteroatoms. The molecular weight excluding hydrogens is 321 g/mol. The maximum Gasteiger partial charge on any atom is 0.133 e. The molecule has 0 amide bonds. The molecule has 0 aliphatic heterocycles. The van der Waals surface area contributed by atoms with Gasteiger partial charge >= 0.3 is 0 Å². The van der Waals surface area contributed by atoms with E-state index in [0.717, 1.165) is 0 Å². The molecule has 0 aliphatic rings. The fourth-order valence-electron chi connectivity index (χ4n) is 1.12. The summed E-state index contributed by atoms with van der Waals surface area (Å²) in [5.41, 5.74) is 1.99. The van der Waals surface area contributed by atoms with Crippen LogP contribution < -0.4 is 0 Å². The van der Waals surface area contributed by atoms with Crippen molar-refractivity contribution < 1.29 is 0 Å². The molecule has 0 heterocycles. The number of alkyl halides is 6. The summed E-state index contributed by atoms with van der Waals surface area (Å²) in [4.78, 5) is -2.03. The van der Waals surface area contributed by atoms with Crippen LogP contribution in [0.25, 0.3) is 0 Å². The van der Waals surface area contributed by atoms with Crippen molar-refractivity contribution in [2.75, 3.05) is 0 Å². The van der Waals surface area contributed by atoms with Gasteiger partial charge in [0.2, 0.25) is 0 Å². The zero-order valence-electron chi connectivity index (χ0n) is 7.23. The summed E-state index contributed by atoms with van der Waals surface area (Å²) >= 11 is 34.6. The Morgan fingerprint density at radius 1 is 0.667 bits per heavy atom. The summed E-state index contributed by atoms with van der Waals surface area (Å²) in [6.07, 6.45) is 0. The number of halogens is 6. The van der Waals surface area contributed by atoms with Crippen molar-refractivity contribution in [2.45, 2.75) is 14.5 Å². The van der Waals surface area contributed by atoms with Crippen LogP contribution in [-0.2, 0) is 0 Å². The molecule has 0 nitrogen and oxygen atoms in total. The van der Waals surface area contributed by atoms with Crippen LogP contribution in [0.4, 0.5) is 0 Å². The van der Waals surface area contributed by atoms with Crippen molar-refractivity contribution >= 4 is 69.6 Å². The van der Waals surface area contributed by atoms with Gasteiger partial charge in [-0.25, -0.2) is 0 Å². The highest BCUT2D eigenvalue weighted by atomic mass is 35.5. The number of benzene rings is 1. The Morgan fingerprint density at radius 3 is 1.60 bits per heavy atom. The highest BCUT2D eigenvalue weighted by molar-refractivity contribution is 6.46. The third-order valence-electron chi connectivity index (χ3n) is 1.83. The van der Waals surface area contributed by atoms with Gasteiger partial charge in [0.1, 0.15) is 14.5 Å². The van der Waals surface area contributed by atoms with E-state index in [-0.39, 0.29) is 0 Å². The Hall–Kier alpha value is 0.960. The zero-order chi connectivity index (χ0) is 11.6. The molecule has 0 saturated carbocycles. The van der Waals surface area contributed by atoms with Crippen LogP contribution in [0.1, 0.15) is 31.2 Å². The predicted molar refractivity (Wildman–Crippen MR) is 69.8 cm³/mol. The van der Waals surface area contributed by atoms with Crippen molar-refractivity contribution in [2.24, 2.45) is 0 Å². The van der Waals surface area contributed by atoms with Crippen LogP contribution in [-0.4, -0.2) is 0 Å². The van der Waals surface area contributed by atoms with Crippen LogP contribution in [0, 0.1) is 0 Å². The van der Waals surface area contributed by atoms with Gasteiger partial charge in [0.25, 0.3) is 0 Å². The minimum Gasteiger partial charge on any atom is -0.100 e. The normalized spacial score (nSPS) is 11.8. The molecule has 84 valence electrons. The van der Waals surface area contributed by atoms with Crippen LogP contribution in [0.3, 0.4) is 0 Å². The molecule has 0 atom stereocenters. The lowest BCUT2D eigenvalue weighted by molar-refractivity contribution is 1.18. The summed E-state index contributed by atoms with van der Waals surface area (Å²) in [5, 5.41) is 0. The van der Waals surface area contributed by atoms with Crippen molar-refractivity contribution in [1.82, 2.24) is 0 Å². The Bertz CT molecular complexity index is 333. The van der Waals surface area contributed by atoms with E-state index in [1.807, 2.05) is 0 Å². The fraction of sp³-hybridized carbons (Fsp3) is 0.333. The number of rotatable bonds is 3. The average Bonchev–Trinajstić information content (AvgIpc) is 2.16. The van der Waals surface area contributed by atoms with Crippen molar-refractivity contribution in [3.8, 4) is 0 Å². The first-order valence-electron chi connectivity index (χ1n) is 3.91. The average molecular weight is 327 g/mol. The lowest BCUT2D eigenvalue weighted by Gasteiger charge is -2.13. The quantitative estimate of drug-likeness (QED) is 0.587. The number of hydrogen-bond acceptors (Lipinski definition) is 0. The first kappa shape index (κ1) is 14.0. The first-order valence-corrected chi connectivity index (χ1v) is 6.53. The maximum atomic E-state index is 5.79. The van der Waals surface area contributed by atoms with Gasteiger partial charge in [-0.05, 0) is 16.7 Å². The second kappa shape index (κ2) is 6.05. The molecule has 15 heavy (non-hydrogen) atoms. The van der Waals surface area contributed by atoms with Gasteiger partial charge in [-0.15, -0.1) is 69.6 Å². The molecule has 0 aliphatic carbocycles. The molecular formula is C9H6Cl6. The highest BCUT2D eigenvalue weighted by Gasteiger charge is 2.17. The Labute approximate surface area is 118 Å². The van der Waals surface area contributed by atoms with E-state index in [1.165, 1.54) is 0 Å². The summed E-state index contributed by atoms with van der Waals surface area (Å²) < 4.78 is 0. The van der Waals surface area contributed by atoms with Gasteiger partial charge in [-0.2, -0.15) is 0 Å². The monoisotopic (exact) mass is 324 g/mol. The molecule has 0 radical (unpaired) electrons. The van der Waals surface area contributed by atoms with Crippen molar-refractivity contribution in [3.63, 3.8) is 0 Å². The van der Waals surface area contributed by atoms with Gasteiger partial charge in [-0.3, -0.25) is 0 Å². The van der Waals surface area contributed by atoms with Crippen molar-refractivity contribution in [1.29, 1.82) is 0 Å².